The molecule has 4 rings (SSSR count). The molecular weight excluding hydrogens is 547 g/mol. The van der Waals surface area contributed by atoms with E-state index in [0.717, 1.165) is 44.4 Å². The third kappa shape index (κ3) is 9.41. The first kappa shape index (κ1) is 32.8. The fourth-order valence-corrected chi connectivity index (χ4v) is 4.81. The second-order valence-corrected chi connectivity index (χ2v) is 9.96. The monoisotopic (exact) mass is 587 g/mol. The number of ether oxygens (including phenoxy) is 2. The third-order valence-electron chi connectivity index (χ3n) is 6.79. The maximum absolute atomic E-state index is 13.5. The van der Waals surface area contributed by atoms with E-state index >= 15 is 0 Å². The van der Waals surface area contributed by atoms with Crippen molar-refractivity contribution in [3.05, 3.63) is 53.7 Å². The summed E-state index contributed by atoms with van der Waals surface area (Å²) in [6.07, 6.45) is -1.79. The van der Waals surface area contributed by atoms with Gasteiger partial charge >= 0.3 is 6.18 Å². The molecule has 0 saturated carbocycles. The Morgan fingerprint density at radius 3 is 2.45 bits per heavy atom. The number of nitrogens with one attached hydrogen (secondary N) is 3. The largest absolute Gasteiger partial charge is 0.495 e. The minimum atomic E-state index is -4.40. The predicted molar refractivity (Wildman–Crippen MR) is 162 cm³/mol. The molecule has 2 heterocycles. The Kier molecular flexibility index (Phi) is 12.5. The number of anilines is 2. The molecule has 3 aromatic rings. The van der Waals surface area contributed by atoms with Gasteiger partial charge in [-0.1, -0.05) is 12.0 Å². The lowest BCUT2D eigenvalue weighted by molar-refractivity contribution is -0.140. The molecule has 1 saturated heterocycles. The van der Waals surface area contributed by atoms with Crippen LogP contribution >= 0.6 is 0 Å². The van der Waals surface area contributed by atoms with Crippen LogP contribution in [0.2, 0.25) is 0 Å². The van der Waals surface area contributed by atoms with Crippen LogP contribution in [-0.2, 0) is 11.3 Å². The molecular formula is C31H40F3N5O3. The molecule has 8 nitrogen and oxygen atoms in total. The molecule has 1 aromatic heterocycles. The molecule has 0 unspecified atom stereocenters. The van der Waals surface area contributed by atoms with Gasteiger partial charge in [0, 0.05) is 49.4 Å². The zero-order valence-electron chi connectivity index (χ0n) is 24.6. The van der Waals surface area contributed by atoms with Crippen LogP contribution in [0.4, 0.5) is 24.5 Å². The second-order valence-electron chi connectivity index (χ2n) is 9.96. The second kappa shape index (κ2) is 16.1. The molecule has 0 atom stereocenters. The lowest BCUT2D eigenvalue weighted by atomic mass is 10.0. The van der Waals surface area contributed by atoms with Crippen LogP contribution < -0.4 is 20.7 Å². The van der Waals surface area contributed by atoms with Crippen LogP contribution in [0.25, 0.3) is 10.9 Å². The minimum Gasteiger partial charge on any atom is -0.495 e. The fraction of sp³-hybridized carbons (Fsp3) is 0.452. The number of nitrogens with zero attached hydrogens (tertiary/aromatic N) is 2. The number of carbonyl (C=O) groups is 1. The van der Waals surface area contributed by atoms with Crippen molar-refractivity contribution in [2.75, 3.05) is 71.7 Å². The van der Waals surface area contributed by atoms with Gasteiger partial charge in [-0.15, -0.1) is 0 Å². The van der Waals surface area contributed by atoms with Gasteiger partial charge in [-0.3, -0.25) is 4.79 Å². The molecule has 1 fully saturated rings. The number of aldehydes is 1. The fourth-order valence-electron chi connectivity index (χ4n) is 4.81. The summed E-state index contributed by atoms with van der Waals surface area (Å²) < 4.78 is 52.3. The maximum Gasteiger partial charge on any atom is 0.406 e. The zero-order valence-corrected chi connectivity index (χ0v) is 24.6. The number of carbonyl (C=O) groups excluding carboxylic acids is 1. The standard InChI is InChI=1S/C29H33F3N4O3.C2H7N/c1-38-16-15-35-13-10-22(11-14-35)34-25-6-3-7-27-24(25)18-23(36(27)20-29(30,31)32)5-4-12-33-26-9-8-21(19-37)17-28(26)39-2;1-3-2/h3,6-9,17-19,22,33-34H,10-16,20H2,1-2H3;3H,1-2H3. The van der Waals surface area contributed by atoms with E-state index in [1.54, 1.807) is 43.5 Å². The number of alkyl halides is 3. The molecule has 0 amide bonds. The maximum atomic E-state index is 13.5. The first-order chi connectivity index (χ1) is 20.2. The number of fused-ring (bicyclic) bond motifs is 1. The highest BCUT2D eigenvalue weighted by molar-refractivity contribution is 5.94. The molecule has 0 bridgehead atoms. The van der Waals surface area contributed by atoms with E-state index in [1.165, 1.54) is 11.7 Å². The van der Waals surface area contributed by atoms with Crippen molar-refractivity contribution in [2.45, 2.75) is 31.6 Å². The van der Waals surface area contributed by atoms with E-state index in [9.17, 15) is 18.0 Å². The summed E-state index contributed by atoms with van der Waals surface area (Å²) in [6.45, 7) is 2.53. The van der Waals surface area contributed by atoms with Gasteiger partial charge in [0.15, 0.2) is 0 Å². The first-order valence-corrected chi connectivity index (χ1v) is 13.8. The molecule has 42 heavy (non-hydrogen) atoms. The van der Waals surface area contributed by atoms with E-state index in [2.05, 4.69) is 32.7 Å². The molecule has 0 spiro atoms. The summed E-state index contributed by atoms with van der Waals surface area (Å²) in [6, 6.07) is 12.3. The van der Waals surface area contributed by atoms with E-state index in [1.807, 2.05) is 20.2 Å². The molecule has 228 valence electrons. The number of rotatable bonds is 10. The summed E-state index contributed by atoms with van der Waals surface area (Å²) >= 11 is 0. The molecule has 0 radical (unpaired) electrons. The van der Waals surface area contributed by atoms with Crippen LogP contribution in [0.15, 0.2) is 42.5 Å². The summed E-state index contributed by atoms with van der Waals surface area (Å²) in [5.74, 6) is 6.33. The molecule has 2 aromatic carbocycles. The van der Waals surface area contributed by atoms with Crippen LogP contribution in [0.5, 0.6) is 5.75 Å². The Labute approximate surface area is 245 Å². The van der Waals surface area contributed by atoms with Gasteiger partial charge in [-0.2, -0.15) is 13.2 Å². The highest BCUT2D eigenvalue weighted by Gasteiger charge is 2.30. The lowest BCUT2D eigenvalue weighted by Gasteiger charge is -2.32. The van der Waals surface area contributed by atoms with Gasteiger partial charge in [0.2, 0.25) is 0 Å². The number of methoxy groups -OCH3 is 2. The zero-order chi connectivity index (χ0) is 30.5. The number of hydrogen-bond donors (Lipinski definition) is 3. The topological polar surface area (TPSA) is 79.8 Å². The Balaban J connectivity index is 0.00000155. The Hall–Kier alpha value is -3.72. The van der Waals surface area contributed by atoms with Crippen molar-refractivity contribution < 1.29 is 27.4 Å². The highest BCUT2D eigenvalue weighted by Crippen LogP contribution is 2.31. The lowest BCUT2D eigenvalue weighted by Crippen LogP contribution is -2.40. The average molecular weight is 588 g/mol. The van der Waals surface area contributed by atoms with Crippen LogP contribution in [0, 0.1) is 11.8 Å². The summed E-state index contributed by atoms with van der Waals surface area (Å²) in [5.41, 5.74) is 2.69. The minimum absolute atomic E-state index is 0.178. The molecule has 1 aliphatic rings. The van der Waals surface area contributed by atoms with Crippen molar-refractivity contribution in [3.63, 3.8) is 0 Å². The first-order valence-electron chi connectivity index (χ1n) is 13.8. The van der Waals surface area contributed by atoms with Crippen molar-refractivity contribution in [1.29, 1.82) is 0 Å². The number of aromatic nitrogens is 1. The van der Waals surface area contributed by atoms with Crippen LogP contribution in [-0.4, -0.2) is 89.1 Å². The Morgan fingerprint density at radius 1 is 1.07 bits per heavy atom. The summed E-state index contributed by atoms with van der Waals surface area (Å²) in [4.78, 5) is 13.4. The highest BCUT2D eigenvalue weighted by atomic mass is 19.4. The van der Waals surface area contributed by atoms with Crippen molar-refractivity contribution in [3.8, 4) is 17.6 Å². The van der Waals surface area contributed by atoms with Crippen LogP contribution in [0.1, 0.15) is 28.9 Å². The van der Waals surface area contributed by atoms with Crippen molar-refractivity contribution >= 4 is 28.6 Å². The number of piperidine rings is 1. The average Bonchev–Trinajstić information content (AvgIpc) is 3.32. The smallest absolute Gasteiger partial charge is 0.406 e. The van der Waals surface area contributed by atoms with Crippen molar-refractivity contribution in [2.24, 2.45) is 0 Å². The summed E-state index contributed by atoms with van der Waals surface area (Å²) in [7, 11) is 6.94. The van der Waals surface area contributed by atoms with Gasteiger partial charge in [0.05, 0.1) is 37.2 Å². The van der Waals surface area contributed by atoms with E-state index in [0.29, 0.717) is 34.5 Å². The quantitative estimate of drug-likeness (QED) is 0.231. The number of halogens is 3. The molecule has 3 N–H and O–H groups in total. The molecule has 1 aliphatic heterocycles. The SMILES string of the molecule is CNC.COCCN1CCC(Nc2cccc3c2cc(C#CCNc2ccc(C=O)cc2OC)n3CC(F)(F)F)CC1. The molecule has 0 aliphatic carbocycles. The normalized spacial score (nSPS) is 14.0. The Bertz CT molecular complexity index is 1360. The number of hydrogen-bond acceptors (Lipinski definition) is 7. The summed E-state index contributed by atoms with van der Waals surface area (Å²) in [5, 5.41) is 10.1. The number of likely N-dealkylation sites (tertiary alicyclic amines) is 1. The van der Waals surface area contributed by atoms with Crippen molar-refractivity contribution in [1.82, 2.24) is 14.8 Å². The van der Waals surface area contributed by atoms with E-state index in [-0.39, 0.29) is 18.3 Å². The van der Waals surface area contributed by atoms with Gasteiger partial charge in [0.1, 0.15) is 18.6 Å². The van der Waals surface area contributed by atoms with E-state index < -0.39 is 12.7 Å². The number of benzene rings is 2. The van der Waals surface area contributed by atoms with Gasteiger partial charge in [0.25, 0.3) is 0 Å². The van der Waals surface area contributed by atoms with Gasteiger partial charge < -0.3 is 34.9 Å². The molecule has 11 heteroatoms. The third-order valence-corrected chi connectivity index (χ3v) is 6.79. The van der Waals surface area contributed by atoms with Gasteiger partial charge in [-0.05, 0) is 69.3 Å². The van der Waals surface area contributed by atoms with Crippen LogP contribution in [0.3, 0.4) is 0 Å². The van der Waals surface area contributed by atoms with Gasteiger partial charge in [-0.25, -0.2) is 0 Å². The Morgan fingerprint density at radius 2 is 1.81 bits per heavy atom. The predicted octanol–water partition coefficient (Wildman–Crippen LogP) is 4.85. The van der Waals surface area contributed by atoms with E-state index in [4.69, 9.17) is 9.47 Å².